The van der Waals surface area contributed by atoms with Gasteiger partial charge in [0.1, 0.15) is 12.1 Å². The zero-order valence-corrected chi connectivity index (χ0v) is 15.8. The van der Waals surface area contributed by atoms with Gasteiger partial charge in [-0.25, -0.2) is 9.78 Å². The maximum absolute atomic E-state index is 12.9. The van der Waals surface area contributed by atoms with E-state index in [0.29, 0.717) is 11.4 Å². The van der Waals surface area contributed by atoms with Crippen molar-refractivity contribution < 1.29 is 24.2 Å². The molecule has 8 heteroatoms. The average Bonchev–Trinajstić information content (AvgIpc) is 2.65. The van der Waals surface area contributed by atoms with Gasteiger partial charge in [-0.05, 0) is 38.7 Å². The minimum absolute atomic E-state index is 0.0903. The number of carbonyl (C=O) groups excluding carboxylic acids is 2. The first kappa shape index (κ1) is 20.7. The number of carbonyl (C=O) groups is 3. The topological polar surface area (TPSA) is 109 Å². The van der Waals surface area contributed by atoms with Crippen LogP contribution in [0.25, 0.3) is 0 Å². The van der Waals surface area contributed by atoms with E-state index in [2.05, 4.69) is 10.3 Å². The maximum atomic E-state index is 12.9. The molecule has 1 unspecified atom stereocenters. The van der Waals surface area contributed by atoms with Crippen LogP contribution in [0.3, 0.4) is 0 Å². The van der Waals surface area contributed by atoms with Crippen LogP contribution < -0.4 is 10.1 Å². The van der Waals surface area contributed by atoms with E-state index in [4.69, 9.17) is 4.74 Å². The minimum atomic E-state index is -1.11. The molecule has 1 saturated carbocycles. The van der Waals surface area contributed by atoms with Crippen LogP contribution in [0.4, 0.5) is 0 Å². The van der Waals surface area contributed by atoms with E-state index in [1.54, 1.807) is 6.07 Å². The molecule has 2 N–H and O–H groups in total. The van der Waals surface area contributed by atoms with Gasteiger partial charge in [0.25, 0.3) is 5.91 Å². The molecule has 1 heterocycles. The van der Waals surface area contributed by atoms with Crippen LogP contribution in [0, 0.1) is 0 Å². The fourth-order valence-electron chi connectivity index (χ4n) is 3.08. The Balaban J connectivity index is 2.11. The summed E-state index contributed by atoms with van der Waals surface area (Å²) in [5.41, 5.74) is 0.312. The van der Waals surface area contributed by atoms with Crippen molar-refractivity contribution >= 4 is 17.8 Å². The molecule has 0 saturated heterocycles. The second-order valence-corrected chi connectivity index (χ2v) is 6.76. The Morgan fingerprint density at radius 2 is 2.04 bits per heavy atom. The number of aliphatic carboxylic acids is 1. The number of aromatic nitrogens is 1. The Morgan fingerprint density at radius 1 is 1.33 bits per heavy atom. The van der Waals surface area contributed by atoms with Crippen LogP contribution in [0.1, 0.15) is 56.3 Å². The first-order valence-corrected chi connectivity index (χ1v) is 9.29. The van der Waals surface area contributed by atoms with E-state index in [0.717, 1.165) is 25.7 Å². The molecular formula is C19H27N3O5. The predicted molar refractivity (Wildman–Crippen MR) is 98.6 cm³/mol. The van der Waals surface area contributed by atoms with Crippen molar-refractivity contribution in [3.05, 3.63) is 23.9 Å². The Kier molecular flexibility index (Phi) is 7.57. The van der Waals surface area contributed by atoms with Gasteiger partial charge < -0.3 is 20.1 Å². The molecule has 1 aliphatic rings. The zero-order chi connectivity index (χ0) is 19.8. The SMILES string of the molecule is CC(=O)NCCN(C(=O)c1ccnc(OC2CCCCC2)c1)C(C)C(=O)O. The maximum Gasteiger partial charge on any atom is 0.326 e. The number of nitrogens with one attached hydrogen (secondary N) is 1. The van der Waals surface area contributed by atoms with Gasteiger partial charge in [-0.15, -0.1) is 0 Å². The standard InChI is InChI=1S/C19H27N3O5/c1-13(19(25)26)22(11-10-20-14(2)23)18(24)15-8-9-21-17(12-15)27-16-6-4-3-5-7-16/h8-9,12-13,16H,3-7,10-11H2,1-2H3,(H,20,23)(H,25,26). The molecule has 0 spiro atoms. The van der Waals surface area contributed by atoms with E-state index >= 15 is 0 Å². The number of hydrogen-bond donors (Lipinski definition) is 2. The molecule has 27 heavy (non-hydrogen) atoms. The average molecular weight is 377 g/mol. The van der Waals surface area contributed by atoms with E-state index in [1.165, 1.54) is 37.4 Å². The van der Waals surface area contributed by atoms with E-state index in [1.807, 2.05) is 0 Å². The Labute approximate surface area is 158 Å². The lowest BCUT2D eigenvalue weighted by Gasteiger charge is -2.27. The van der Waals surface area contributed by atoms with Crippen LogP contribution in [0.2, 0.25) is 0 Å². The van der Waals surface area contributed by atoms with Gasteiger partial charge in [-0.2, -0.15) is 0 Å². The summed E-state index contributed by atoms with van der Waals surface area (Å²) in [7, 11) is 0. The number of amides is 2. The second-order valence-electron chi connectivity index (χ2n) is 6.76. The van der Waals surface area contributed by atoms with Gasteiger partial charge in [0.05, 0.1) is 0 Å². The molecule has 1 fully saturated rings. The third kappa shape index (κ3) is 6.23. The van der Waals surface area contributed by atoms with Crippen molar-refractivity contribution in [2.75, 3.05) is 13.1 Å². The number of carboxylic acids is 1. The van der Waals surface area contributed by atoms with Crippen LogP contribution in [-0.2, 0) is 9.59 Å². The van der Waals surface area contributed by atoms with Gasteiger partial charge in [0, 0.05) is 37.8 Å². The normalized spacial score (nSPS) is 15.6. The van der Waals surface area contributed by atoms with E-state index < -0.39 is 17.9 Å². The van der Waals surface area contributed by atoms with Gasteiger partial charge in [0.2, 0.25) is 11.8 Å². The van der Waals surface area contributed by atoms with E-state index in [9.17, 15) is 19.5 Å². The van der Waals surface area contributed by atoms with Crippen molar-refractivity contribution in [2.24, 2.45) is 0 Å². The summed E-state index contributed by atoms with van der Waals surface area (Å²) in [5.74, 6) is -1.42. The highest BCUT2D eigenvalue weighted by molar-refractivity contribution is 5.96. The summed E-state index contributed by atoms with van der Waals surface area (Å²) in [5, 5.41) is 11.9. The lowest BCUT2D eigenvalue weighted by molar-refractivity contribution is -0.141. The molecule has 8 nitrogen and oxygen atoms in total. The zero-order valence-electron chi connectivity index (χ0n) is 15.8. The van der Waals surface area contributed by atoms with Gasteiger partial charge >= 0.3 is 5.97 Å². The number of rotatable bonds is 8. The summed E-state index contributed by atoms with van der Waals surface area (Å²) in [6.07, 6.45) is 6.99. The summed E-state index contributed by atoms with van der Waals surface area (Å²) >= 11 is 0. The van der Waals surface area contributed by atoms with E-state index in [-0.39, 0.29) is 25.1 Å². The highest BCUT2D eigenvalue weighted by Crippen LogP contribution is 2.23. The third-order valence-corrected chi connectivity index (χ3v) is 4.63. The monoisotopic (exact) mass is 377 g/mol. The number of hydrogen-bond acceptors (Lipinski definition) is 5. The molecule has 0 aliphatic heterocycles. The van der Waals surface area contributed by atoms with Crippen molar-refractivity contribution in [1.29, 1.82) is 0 Å². The molecule has 0 radical (unpaired) electrons. The number of carboxylic acid groups (broad SMARTS) is 1. The van der Waals surface area contributed by atoms with Gasteiger partial charge in [0.15, 0.2) is 0 Å². The number of pyridine rings is 1. The van der Waals surface area contributed by atoms with Gasteiger partial charge in [-0.3, -0.25) is 9.59 Å². The lowest BCUT2D eigenvalue weighted by Crippen LogP contribution is -2.46. The predicted octanol–water partition coefficient (Wildman–Crippen LogP) is 1.84. The van der Waals surface area contributed by atoms with Crippen LogP contribution in [0.15, 0.2) is 18.3 Å². The van der Waals surface area contributed by atoms with Crippen molar-refractivity contribution in [3.63, 3.8) is 0 Å². The highest BCUT2D eigenvalue weighted by atomic mass is 16.5. The first-order chi connectivity index (χ1) is 12.9. The minimum Gasteiger partial charge on any atom is -0.480 e. The van der Waals surface area contributed by atoms with Crippen molar-refractivity contribution in [2.45, 2.75) is 58.1 Å². The molecule has 0 bridgehead atoms. The van der Waals surface area contributed by atoms with Crippen LogP contribution >= 0.6 is 0 Å². The molecule has 1 aromatic rings. The Hall–Kier alpha value is -2.64. The quantitative estimate of drug-likeness (QED) is 0.716. The molecule has 2 amide bonds. The molecule has 148 valence electrons. The summed E-state index contributed by atoms with van der Waals surface area (Å²) in [6, 6.07) is 2.06. The molecular weight excluding hydrogens is 350 g/mol. The molecule has 1 atom stereocenters. The molecule has 0 aromatic carbocycles. The number of nitrogens with zero attached hydrogens (tertiary/aromatic N) is 2. The molecule has 1 aliphatic carbocycles. The molecule has 1 aromatic heterocycles. The fraction of sp³-hybridized carbons (Fsp3) is 0.579. The third-order valence-electron chi connectivity index (χ3n) is 4.63. The fourth-order valence-corrected chi connectivity index (χ4v) is 3.08. The van der Waals surface area contributed by atoms with Gasteiger partial charge in [-0.1, -0.05) is 6.42 Å². The number of ether oxygens (including phenoxy) is 1. The summed E-state index contributed by atoms with van der Waals surface area (Å²) < 4.78 is 5.89. The smallest absolute Gasteiger partial charge is 0.326 e. The lowest BCUT2D eigenvalue weighted by atomic mass is 9.98. The Morgan fingerprint density at radius 3 is 2.67 bits per heavy atom. The summed E-state index contributed by atoms with van der Waals surface area (Å²) in [4.78, 5) is 40.7. The highest BCUT2D eigenvalue weighted by Gasteiger charge is 2.27. The van der Waals surface area contributed by atoms with Crippen molar-refractivity contribution in [1.82, 2.24) is 15.2 Å². The van der Waals surface area contributed by atoms with Crippen LogP contribution in [-0.4, -0.2) is 58.0 Å². The van der Waals surface area contributed by atoms with Crippen LogP contribution in [0.5, 0.6) is 5.88 Å². The van der Waals surface area contributed by atoms with Crippen molar-refractivity contribution in [3.8, 4) is 5.88 Å². The molecule has 2 rings (SSSR count). The second kappa shape index (κ2) is 9.89. The summed E-state index contributed by atoms with van der Waals surface area (Å²) in [6.45, 7) is 3.07. The largest absolute Gasteiger partial charge is 0.480 e. The first-order valence-electron chi connectivity index (χ1n) is 9.29. The Bertz CT molecular complexity index is 673.